The molecule has 0 aliphatic carbocycles. The van der Waals surface area contributed by atoms with E-state index < -0.39 is 0 Å². The molecule has 1 saturated heterocycles. The number of benzene rings is 1. The van der Waals surface area contributed by atoms with Gasteiger partial charge in [0.05, 0.1) is 10.6 Å². The number of halogens is 2. The van der Waals surface area contributed by atoms with Crippen molar-refractivity contribution in [1.82, 2.24) is 0 Å². The number of ether oxygens (including phenoxy) is 1. The average Bonchev–Trinajstić information content (AvgIpc) is 2.76. The van der Waals surface area contributed by atoms with Crippen molar-refractivity contribution in [3.05, 3.63) is 34.1 Å². The molecule has 0 saturated carbocycles. The first-order valence-electron chi connectivity index (χ1n) is 5.85. The van der Waals surface area contributed by atoms with Gasteiger partial charge in [-0.25, -0.2) is 4.39 Å². The fourth-order valence-corrected chi connectivity index (χ4v) is 2.60. The lowest BCUT2D eigenvalue weighted by Gasteiger charge is -2.14. The number of hydrogen-bond donors (Lipinski definition) is 1. The number of aliphatic hydroxyl groups is 1. The number of aliphatic hydroxyl groups excluding tert-OH is 1. The second-order valence-corrected chi connectivity index (χ2v) is 5.43. The minimum absolute atomic E-state index is 0.271. The van der Waals surface area contributed by atoms with Gasteiger partial charge in [0, 0.05) is 13.2 Å². The van der Waals surface area contributed by atoms with E-state index in [1.54, 1.807) is 12.1 Å². The van der Waals surface area contributed by atoms with Crippen molar-refractivity contribution in [2.24, 2.45) is 5.92 Å². The van der Waals surface area contributed by atoms with Crippen molar-refractivity contribution in [2.75, 3.05) is 13.2 Å². The minimum atomic E-state index is -0.376. The van der Waals surface area contributed by atoms with Gasteiger partial charge in [0.15, 0.2) is 0 Å². The van der Waals surface area contributed by atoms with E-state index in [4.69, 9.17) is 4.74 Å². The average molecular weight is 303 g/mol. The van der Waals surface area contributed by atoms with Gasteiger partial charge in [-0.2, -0.15) is 0 Å². The van der Waals surface area contributed by atoms with Crippen LogP contribution in [0.4, 0.5) is 4.39 Å². The Bertz CT molecular complexity index is 378. The summed E-state index contributed by atoms with van der Waals surface area (Å²) >= 11 is 3.15. The van der Waals surface area contributed by atoms with Crippen LogP contribution in [0.25, 0.3) is 0 Å². The molecule has 4 heteroatoms. The van der Waals surface area contributed by atoms with E-state index in [0.717, 1.165) is 31.6 Å². The van der Waals surface area contributed by atoms with E-state index in [0.29, 0.717) is 16.8 Å². The molecular weight excluding hydrogens is 287 g/mol. The zero-order valence-electron chi connectivity index (χ0n) is 9.53. The summed E-state index contributed by atoms with van der Waals surface area (Å²) < 4.78 is 18.8. The summed E-state index contributed by atoms with van der Waals surface area (Å²) in [6.07, 6.45) is 1.98. The molecule has 1 aromatic rings. The van der Waals surface area contributed by atoms with Crippen LogP contribution in [0.2, 0.25) is 0 Å². The van der Waals surface area contributed by atoms with Crippen LogP contribution in [0, 0.1) is 11.7 Å². The molecular formula is C13H16BrFO2. The molecule has 1 N–H and O–H groups in total. The van der Waals surface area contributed by atoms with Crippen molar-refractivity contribution >= 4 is 15.9 Å². The first-order chi connectivity index (χ1) is 8.15. The zero-order valence-corrected chi connectivity index (χ0v) is 11.1. The van der Waals surface area contributed by atoms with Crippen LogP contribution in [0.3, 0.4) is 0 Å². The maximum absolute atomic E-state index is 13.0. The first-order valence-corrected chi connectivity index (χ1v) is 6.64. The summed E-state index contributed by atoms with van der Waals surface area (Å²) in [6, 6.07) is 4.86. The molecule has 1 heterocycles. The molecule has 1 aliphatic heterocycles. The SMILES string of the molecule is OC(Cc1ccc(F)c(Br)c1)CC1CCOC1. The van der Waals surface area contributed by atoms with Gasteiger partial charge in [-0.05, 0) is 58.8 Å². The highest BCUT2D eigenvalue weighted by molar-refractivity contribution is 9.10. The summed E-state index contributed by atoms with van der Waals surface area (Å²) in [5.74, 6) is 0.196. The van der Waals surface area contributed by atoms with Gasteiger partial charge in [-0.15, -0.1) is 0 Å². The van der Waals surface area contributed by atoms with E-state index in [2.05, 4.69) is 15.9 Å². The fourth-order valence-electron chi connectivity index (χ4n) is 2.18. The van der Waals surface area contributed by atoms with Crippen LogP contribution in [0.15, 0.2) is 22.7 Å². The third-order valence-electron chi connectivity index (χ3n) is 3.08. The normalized spacial score (nSPS) is 21.7. The summed E-state index contributed by atoms with van der Waals surface area (Å²) in [5, 5.41) is 9.96. The summed E-state index contributed by atoms with van der Waals surface area (Å²) in [6.45, 7) is 1.56. The topological polar surface area (TPSA) is 29.5 Å². The Hall–Kier alpha value is -0.450. The van der Waals surface area contributed by atoms with Gasteiger partial charge in [0.1, 0.15) is 5.82 Å². The predicted molar refractivity (Wildman–Crippen MR) is 67.4 cm³/mol. The number of hydrogen-bond acceptors (Lipinski definition) is 2. The van der Waals surface area contributed by atoms with Crippen LogP contribution < -0.4 is 0 Å². The smallest absolute Gasteiger partial charge is 0.137 e. The highest BCUT2D eigenvalue weighted by Gasteiger charge is 2.19. The highest BCUT2D eigenvalue weighted by atomic mass is 79.9. The quantitative estimate of drug-likeness (QED) is 0.927. The summed E-state index contributed by atoms with van der Waals surface area (Å²) in [7, 11) is 0. The maximum atomic E-state index is 13.0. The van der Waals surface area contributed by atoms with Crippen molar-refractivity contribution in [1.29, 1.82) is 0 Å². The standard InChI is InChI=1S/C13H16BrFO2/c14-12-7-9(1-2-13(12)15)5-11(16)6-10-3-4-17-8-10/h1-2,7,10-11,16H,3-6,8H2. The lowest BCUT2D eigenvalue weighted by molar-refractivity contribution is 0.128. The largest absolute Gasteiger partial charge is 0.393 e. The van der Waals surface area contributed by atoms with E-state index in [1.165, 1.54) is 6.07 Å². The molecule has 0 amide bonds. The Labute approximate surface area is 109 Å². The Morgan fingerprint density at radius 1 is 1.53 bits per heavy atom. The van der Waals surface area contributed by atoms with E-state index >= 15 is 0 Å². The second kappa shape index (κ2) is 5.94. The Kier molecular flexibility index (Phi) is 4.54. The molecule has 1 aliphatic rings. The molecule has 1 aromatic carbocycles. The first kappa shape index (κ1) is 13.0. The Morgan fingerprint density at radius 3 is 3.00 bits per heavy atom. The van der Waals surface area contributed by atoms with Crippen LogP contribution in [-0.2, 0) is 11.2 Å². The molecule has 1 fully saturated rings. The highest BCUT2D eigenvalue weighted by Crippen LogP contribution is 2.22. The molecule has 94 valence electrons. The molecule has 0 aromatic heterocycles. The van der Waals surface area contributed by atoms with Gasteiger partial charge in [-0.1, -0.05) is 6.07 Å². The van der Waals surface area contributed by atoms with Crippen LogP contribution >= 0.6 is 15.9 Å². The van der Waals surface area contributed by atoms with Gasteiger partial charge in [-0.3, -0.25) is 0 Å². The van der Waals surface area contributed by atoms with Crippen LogP contribution in [0.1, 0.15) is 18.4 Å². The molecule has 2 nitrogen and oxygen atoms in total. The predicted octanol–water partition coefficient (Wildman–Crippen LogP) is 2.92. The van der Waals surface area contributed by atoms with Gasteiger partial charge >= 0.3 is 0 Å². The minimum Gasteiger partial charge on any atom is -0.393 e. The van der Waals surface area contributed by atoms with Gasteiger partial charge in [0.2, 0.25) is 0 Å². The molecule has 2 unspecified atom stereocenters. The fraction of sp³-hybridized carbons (Fsp3) is 0.538. The van der Waals surface area contributed by atoms with E-state index in [-0.39, 0.29) is 11.9 Å². The van der Waals surface area contributed by atoms with Crippen LogP contribution in [-0.4, -0.2) is 24.4 Å². The molecule has 17 heavy (non-hydrogen) atoms. The summed E-state index contributed by atoms with van der Waals surface area (Å²) in [5.41, 5.74) is 0.949. The number of rotatable bonds is 4. The van der Waals surface area contributed by atoms with E-state index in [1.807, 2.05) is 0 Å². The second-order valence-electron chi connectivity index (χ2n) is 4.57. The van der Waals surface area contributed by atoms with E-state index in [9.17, 15) is 9.50 Å². The van der Waals surface area contributed by atoms with Crippen molar-refractivity contribution in [3.8, 4) is 0 Å². The zero-order chi connectivity index (χ0) is 12.3. The van der Waals surface area contributed by atoms with Gasteiger partial charge < -0.3 is 9.84 Å². The summed E-state index contributed by atoms with van der Waals surface area (Å²) in [4.78, 5) is 0. The maximum Gasteiger partial charge on any atom is 0.137 e. The van der Waals surface area contributed by atoms with Crippen molar-refractivity contribution in [3.63, 3.8) is 0 Å². The molecule has 0 bridgehead atoms. The molecule has 0 radical (unpaired) electrons. The Morgan fingerprint density at radius 2 is 2.35 bits per heavy atom. The molecule has 2 atom stereocenters. The lowest BCUT2D eigenvalue weighted by Crippen LogP contribution is -2.16. The Balaban J connectivity index is 1.88. The molecule has 2 rings (SSSR count). The van der Waals surface area contributed by atoms with Crippen molar-refractivity contribution < 1.29 is 14.2 Å². The third-order valence-corrected chi connectivity index (χ3v) is 3.69. The monoisotopic (exact) mass is 302 g/mol. The van der Waals surface area contributed by atoms with Crippen molar-refractivity contribution in [2.45, 2.75) is 25.4 Å². The molecule has 0 spiro atoms. The third kappa shape index (κ3) is 3.76. The van der Waals surface area contributed by atoms with Gasteiger partial charge in [0.25, 0.3) is 0 Å². The lowest BCUT2D eigenvalue weighted by atomic mass is 9.96. The van der Waals surface area contributed by atoms with Crippen LogP contribution in [0.5, 0.6) is 0 Å².